The van der Waals surface area contributed by atoms with Gasteiger partial charge >= 0.3 is 0 Å². The minimum atomic E-state index is -4.62. The molecule has 0 aromatic carbocycles. The second-order valence-corrected chi connectivity index (χ2v) is 24.5. The third-order valence-electron chi connectivity index (χ3n) is 14.0. The van der Waals surface area contributed by atoms with Crippen molar-refractivity contribution in [1.29, 1.82) is 0 Å². The summed E-state index contributed by atoms with van der Waals surface area (Å²) in [4.78, 5) is 25.6. The van der Waals surface area contributed by atoms with E-state index in [1.165, 1.54) is 103 Å². The number of hydrogen-bond acceptors (Lipinski definition) is 6. The van der Waals surface area contributed by atoms with Gasteiger partial charge in [-0.25, -0.2) is 0 Å². The van der Waals surface area contributed by atoms with Gasteiger partial charge in [0, 0.05) is 6.42 Å². The number of nitrogens with one attached hydrogen (secondary N) is 1. The van der Waals surface area contributed by atoms with Crippen LogP contribution in [0.1, 0.15) is 251 Å². The molecule has 8 nitrogen and oxygen atoms in total. The topological polar surface area (TPSA) is 108 Å². The van der Waals surface area contributed by atoms with E-state index in [9.17, 15) is 19.4 Å². The molecule has 0 aliphatic carbocycles. The van der Waals surface area contributed by atoms with Gasteiger partial charge in [0.1, 0.15) is 13.2 Å². The van der Waals surface area contributed by atoms with Crippen LogP contribution >= 0.6 is 7.82 Å². The fourth-order valence-corrected chi connectivity index (χ4v) is 9.56. The molecule has 0 saturated heterocycles. The summed E-state index contributed by atoms with van der Waals surface area (Å²) in [6, 6.07) is -0.913. The van der Waals surface area contributed by atoms with Crippen molar-refractivity contribution >= 4 is 13.7 Å². The van der Waals surface area contributed by atoms with Gasteiger partial charge in [-0.05, 0) is 109 Å². The van der Waals surface area contributed by atoms with Gasteiger partial charge in [-0.2, -0.15) is 0 Å². The molecule has 2 N–H and O–H groups in total. The zero-order valence-corrected chi connectivity index (χ0v) is 54.7. The van der Waals surface area contributed by atoms with Crippen LogP contribution in [0.15, 0.2) is 158 Å². The Morgan fingerprint density at radius 2 is 0.735 bits per heavy atom. The summed E-state index contributed by atoms with van der Waals surface area (Å²) in [5.41, 5.74) is 0. The second-order valence-electron chi connectivity index (χ2n) is 23.1. The Morgan fingerprint density at radius 1 is 0.434 bits per heavy atom. The first-order valence-corrected chi connectivity index (χ1v) is 34.8. The summed E-state index contributed by atoms with van der Waals surface area (Å²) in [5.74, 6) is -0.226. The van der Waals surface area contributed by atoms with E-state index in [-0.39, 0.29) is 12.5 Å². The van der Waals surface area contributed by atoms with Crippen LogP contribution in [0, 0.1) is 0 Å². The molecular weight excluding hydrogens is 1040 g/mol. The summed E-state index contributed by atoms with van der Waals surface area (Å²) < 4.78 is 23.4. The lowest BCUT2D eigenvalue weighted by Gasteiger charge is -2.29. The van der Waals surface area contributed by atoms with Crippen LogP contribution in [0.25, 0.3) is 0 Å². The van der Waals surface area contributed by atoms with E-state index in [1.807, 2.05) is 27.2 Å². The lowest BCUT2D eigenvalue weighted by molar-refractivity contribution is -0.870. The van der Waals surface area contributed by atoms with Crippen molar-refractivity contribution in [3.05, 3.63) is 158 Å². The van der Waals surface area contributed by atoms with Gasteiger partial charge in [0.15, 0.2) is 0 Å². The molecule has 3 unspecified atom stereocenters. The van der Waals surface area contributed by atoms with Crippen LogP contribution in [0.3, 0.4) is 0 Å². The Bertz CT molecular complexity index is 1910. The molecule has 9 heteroatoms. The van der Waals surface area contributed by atoms with Crippen molar-refractivity contribution < 1.29 is 32.9 Å². The molecule has 472 valence electrons. The molecule has 0 aromatic heterocycles. The van der Waals surface area contributed by atoms with Gasteiger partial charge in [0.25, 0.3) is 7.82 Å². The Kier molecular flexibility index (Phi) is 59.7. The first-order chi connectivity index (χ1) is 40.5. The Morgan fingerprint density at radius 3 is 1.07 bits per heavy atom. The molecule has 0 aliphatic heterocycles. The minimum absolute atomic E-state index is 0.0141. The van der Waals surface area contributed by atoms with Gasteiger partial charge in [0.05, 0.1) is 39.9 Å². The van der Waals surface area contributed by atoms with Crippen molar-refractivity contribution in [2.24, 2.45) is 0 Å². The Balaban J connectivity index is 4.22. The zero-order valence-electron chi connectivity index (χ0n) is 53.8. The number of amides is 1. The van der Waals surface area contributed by atoms with Crippen molar-refractivity contribution in [2.75, 3.05) is 40.9 Å². The molecule has 0 fully saturated rings. The average molecular weight is 1170 g/mol. The maximum absolute atomic E-state index is 13.0. The van der Waals surface area contributed by atoms with Crippen molar-refractivity contribution in [3.8, 4) is 0 Å². The SMILES string of the molecule is CC/C=C\C/C=C\C/C=C\C/C=C\C/C=C\C/C=C\C/C=C\C/C=C\C/C=C\C/C=C\C/C=C\C/C=C\CCCCCCC(=O)NC(COP(=O)([O-])OCC[N+](C)(C)C)C(O)/C=C/CCCCCCCCCCCCCCCCCCCC. The van der Waals surface area contributed by atoms with Crippen molar-refractivity contribution in [3.63, 3.8) is 0 Å². The molecule has 0 bridgehead atoms. The number of phosphoric acid groups is 1. The van der Waals surface area contributed by atoms with Gasteiger partial charge in [0.2, 0.25) is 5.91 Å². The fourth-order valence-electron chi connectivity index (χ4n) is 8.84. The van der Waals surface area contributed by atoms with E-state index >= 15 is 0 Å². The van der Waals surface area contributed by atoms with E-state index < -0.39 is 26.6 Å². The molecule has 1 amide bonds. The third kappa shape index (κ3) is 65.5. The number of likely N-dealkylation sites (N-methyl/N-ethyl adjacent to an activating group) is 1. The molecular formula is C74H125N2O6P. The first kappa shape index (κ1) is 79.1. The lowest BCUT2D eigenvalue weighted by Crippen LogP contribution is -2.45. The largest absolute Gasteiger partial charge is 0.756 e. The summed E-state index contributed by atoms with van der Waals surface area (Å²) in [6.07, 6.45) is 97.7. The van der Waals surface area contributed by atoms with Gasteiger partial charge in [-0.15, -0.1) is 0 Å². The smallest absolute Gasteiger partial charge is 0.268 e. The van der Waals surface area contributed by atoms with Crippen LogP contribution in [0.2, 0.25) is 0 Å². The zero-order chi connectivity index (χ0) is 60.5. The van der Waals surface area contributed by atoms with E-state index in [4.69, 9.17) is 9.05 Å². The number of carbonyl (C=O) groups is 1. The van der Waals surface area contributed by atoms with Gasteiger partial charge in [-0.3, -0.25) is 9.36 Å². The number of quaternary nitrogens is 1. The van der Waals surface area contributed by atoms with Crippen LogP contribution in [0.5, 0.6) is 0 Å². The quantitative estimate of drug-likeness (QED) is 0.0272. The number of aliphatic hydroxyl groups excluding tert-OH is 1. The molecule has 0 aliphatic rings. The summed E-state index contributed by atoms with van der Waals surface area (Å²) >= 11 is 0. The number of rotatable bonds is 59. The highest BCUT2D eigenvalue weighted by atomic mass is 31.2. The summed E-state index contributed by atoms with van der Waals surface area (Å²) in [6.45, 7) is 4.51. The standard InChI is InChI=1S/C74H125N2O6P/c1-6-8-10-12-14-16-18-20-22-24-26-28-29-30-31-32-33-34-35-36-37-38-39-40-41-42-43-44-45-46-47-48-50-52-54-56-58-60-62-64-66-68-74(78)75-72(71-82-83(79,80)81-70-69-76(3,4)5)73(77)67-65-63-61-59-57-55-53-51-49-27-25-23-21-19-17-15-13-11-9-7-2/h8,10,14,16,20,22,26,28,30-31,33-34,36-37,39-40,42-43,45-46,48,50,54,56,65,67,72-73,77H,6-7,9,11-13,15,17-19,21,23-25,27,29,32,35,38,41,44,47,49,51-53,55,57-64,66,68-71H2,1-5H3,(H-,75,78,79,80)/b10-8-,16-14-,22-20-,28-26-,31-30-,34-33-,37-36-,40-39-,43-42-,46-45-,50-48-,56-54-,67-65+. The Hall–Kier alpha value is -3.88. The molecule has 83 heavy (non-hydrogen) atoms. The fraction of sp³-hybridized carbons (Fsp3) is 0.635. The monoisotopic (exact) mass is 1170 g/mol. The molecule has 0 heterocycles. The summed E-state index contributed by atoms with van der Waals surface area (Å²) in [7, 11) is 1.22. The van der Waals surface area contributed by atoms with Gasteiger partial charge in [-0.1, -0.05) is 294 Å². The average Bonchev–Trinajstić information content (AvgIpc) is 3.49. The number of hydrogen-bond donors (Lipinski definition) is 2. The van der Waals surface area contributed by atoms with Gasteiger partial charge < -0.3 is 28.8 Å². The van der Waals surface area contributed by atoms with Crippen LogP contribution in [0.4, 0.5) is 0 Å². The van der Waals surface area contributed by atoms with Crippen molar-refractivity contribution in [1.82, 2.24) is 5.32 Å². The number of nitrogens with zero attached hydrogens (tertiary/aromatic N) is 1. The summed E-state index contributed by atoms with van der Waals surface area (Å²) in [5, 5.41) is 13.9. The van der Waals surface area contributed by atoms with Crippen LogP contribution in [-0.2, 0) is 18.4 Å². The molecule has 0 aromatic rings. The van der Waals surface area contributed by atoms with Crippen molar-refractivity contribution in [2.45, 2.75) is 264 Å². The first-order valence-electron chi connectivity index (χ1n) is 33.3. The van der Waals surface area contributed by atoms with E-state index in [0.29, 0.717) is 17.4 Å². The molecule has 0 rings (SSSR count). The highest BCUT2D eigenvalue weighted by molar-refractivity contribution is 7.45. The highest BCUT2D eigenvalue weighted by Crippen LogP contribution is 2.38. The van der Waals surface area contributed by atoms with E-state index in [2.05, 4.69) is 165 Å². The van der Waals surface area contributed by atoms with E-state index in [1.54, 1.807) is 6.08 Å². The highest BCUT2D eigenvalue weighted by Gasteiger charge is 2.23. The molecule has 0 radical (unpaired) electrons. The maximum Gasteiger partial charge on any atom is 0.268 e. The van der Waals surface area contributed by atoms with E-state index in [0.717, 1.165) is 128 Å². The number of phosphoric ester groups is 1. The lowest BCUT2D eigenvalue weighted by atomic mass is 10.0. The maximum atomic E-state index is 13.0. The number of unbranched alkanes of at least 4 members (excludes halogenated alkanes) is 22. The molecule has 0 saturated carbocycles. The molecule has 3 atom stereocenters. The predicted octanol–water partition coefficient (Wildman–Crippen LogP) is 20.7. The molecule has 0 spiro atoms. The third-order valence-corrected chi connectivity index (χ3v) is 15.0. The number of allylic oxidation sites excluding steroid dienone is 25. The number of carbonyl (C=O) groups excluding carboxylic acids is 1. The predicted molar refractivity (Wildman–Crippen MR) is 361 cm³/mol. The Labute approximate surface area is 511 Å². The normalized spacial score (nSPS) is 14.7. The second kappa shape index (κ2) is 62.6. The minimum Gasteiger partial charge on any atom is -0.756 e. The number of aliphatic hydroxyl groups is 1. The van der Waals surface area contributed by atoms with Crippen LogP contribution < -0.4 is 10.2 Å². The van der Waals surface area contributed by atoms with Crippen LogP contribution in [-0.4, -0.2) is 68.5 Å².